The van der Waals surface area contributed by atoms with Gasteiger partial charge in [0.05, 0.1) is 7.11 Å². The minimum absolute atomic E-state index is 0.0480. The Morgan fingerprint density at radius 2 is 1.63 bits per heavy atom. The average molecular weight is 255 g/mol. The molecule has 0 saturated heterocycles. The molecule has 0 aliphatic rings. The van der Waals surface area contributed by atoms with Gasteiger partial charge in [-0.3, -0.25) is 0 Å². The van der Waals surface area contributed by atoms with Gasteiger partial charge in [0.15, 0.2) is 0 Å². The lowest BCUT2D eigenvalue weighted by molar-refractivity contribution is 0.413. The smallest absolute Gasteiger partial charge is 0.118 e. The molecule has 2 aromatic carbocycles. The Hall–Kier alpha value is -1.80. The Balaban J connectivity index is 2.25. The summed E-state index contributed by atoms with van der Waals surface area (Å²) in [6, 6.07) is 18.7. The fourth-order valence-electron chi connectivity index (χ4n) is 2.33. The van der Waals surface area contributed by atoms with Crippen LogP contribution in [-0.2, 0) is 11.8 Å². The zero-order valence-electron chi connectivity index (χ0n) is 11.6. The Bertz CT molecular complexity index is 507. The van der Waals surface area contributed by atoms with Crippen LogP contribution >= 0.6 is 0 Å². The van der Waals surface area contributed by atoms with Crippen molar-refractivity contribution in [1.82, 2.24) is 0 Å². The maximum atomic E-state index is 6.03. The Morgan fingerprint density at radius 1 is 1.00 bits per heavy atom. The molecule has 19 heavy (non-hydrogen) atoms. The zero-order chi connectivity index (χ0) is 13.7. The predicted octanol–water partition coefficient (Wildman–Crippen LogP) is 3.15. The van der Waals surface area contributed by atoms with Crippen molar-refractivity contribution in [3.8, 4) is 5.75 Å². The highest BCUT2D eigenvalue weighted by Crippen LogP contribution is 2.28. The molecule has 0 aromatic heterocycles. The number of hydrogen-bond donors (Lipinski definition) is 1. The van der Waals surface area contributed by atoms with Gasteiger partial charge in [0.25, 0.3) is 0 Å². The molecule has 0 bridgehead atoms. The van der Waals surface area contributed by atoms with Gasteiger partial charge in [-0.15, -0.1) is 0 Å². The highest BCUT2D eigenvalue weighted by Gasteiger charge is 2.25. The van der Waals surface area contributed by atoms with Gasteiger partial charge >= 0.3 is 0 Å². The highest BCUT2D eigenvalue weighted by molar-refractivity contribution is 5.34. The summed E-state index contributed by atoms with van der Waals surface area (Å²) in [5.74, 6) is 0.878. The quantitative estimate of drug-likeness (QED) is 0.890. The fourth-order valence-corrected chi connectivity index (χ4v) is 2.33. The van der Waals surface area contributed by atoms with Crippen molar-refractivity contribution in [1.29, 1.82) is 0 Å². The second kappa shape index (κ2) is 5.89. The van der Waals surface area contributed by atoms with Crippen LogP contribution in [0.1, 0.15) is 18.1 Å². The lowest BCUT2D eigenvalue weighted by atomic mass is 9.77. The van der Waals surface area contributed by atoms with E-state index in [0.717, 1.165) is 12.2 Å². The van der Waals surface area contributed by atoms with Gasteiger partial charge in [0.1, 0.15) is 5.75 Å². The Morgan fingerprint density at radius 3 is 2.16 bits per heavy atom. The maximum absolute atomic E-state index is 6.03. The van der Waals surface area contributed by atoms with Crippen LogP contribution in [0.25, 0.3) is 0 Å². The summed E-state index contributed by atoms with van der Waals surface area (Å²) in [6.45, 7) is 2.83. The SMILES string of the molecule is COc1ccc(C(C)(CN)Cc2ccccc2)cc1. The fraction of sp³-hybridized carbons (Fsp3) is 0.294. The molecule has 100 valence electrons. The summed E-state index contributed by atoms with van der Waals surface area (Å²) in [7, 11) is 1.68. The first-order chi connectivity index (χ1) is 9.18. The van der Waals surface area contributed by atoms with E-state index in [1.54, 1.807) is 7.11 Å². The third kappa shape index (κ3) is 3.15. The second-order valence-electron chi connectivity index (χ2n) is 5.16. The van der Waals surface area contributed by atoms with Gasteiger partial charge in [0, 0.05) is 12.0 Å². The molecule has 0 aliphatic heterocycles. The van der Waals surface area contributed by atoms with Crippen LogP contribution < -0.4 is 10.5 Å². The number of benzene rings is 2. The maximum Gasteiger partial charge on any atom is 0.118 e. The van der Waals surface area contributed by atoms with E-state index in [-0.39, 0.29) is 5.41 Å². The molecular weight excluding hydrogens is 234 g/mol. The van der Waals surface area contributed by atoms with E-state index < -0.39 is 0 Å². The van der Waals surface area contributed by atoms with Crippen molar-refractivity contribution in [2.75, 3.05) is 13.7 Å². The lowest BCUT2D eigenvalue weighted by Gasteiger charge is -2.29. The molecule has 0 aliphatic carbocycles. The van der Waals surface area contributed by atoms with E-state index in [1.807, 2.05) is 18.2 Å². The van der Waals surface area contributed by atoms with Crippen LogP contribution in [0.2, 0.25) is 0 Å². The summed E-state index contributed by atoms with van der Waals surface area (Å²) in [4.78, 5) is 0. The summed E-state index contributed by atoms with van der Waals surface area (Å²) < 4.78 is 5.20. The van der Waals surface area contributed by atoms with E-state index in [2.05, 4.69) is 43.3 Å². The largest absolute Gasteiger partial charge is 0.497 e. The summed E-state index contributed by atoms with van der Waals surface area (Å²) in [5, 5.41) is 0. The zero-order valence-corrected chi connectivity index (χ0v) is 11.6. The Labute approximate surface area is 115 Å². The second-order valence-corrected chi connectivity index (χ2v) is 5.16. The molecule has 2 rings (SSSR count). The molecule has 0 saturated carbocycles. The van der Waals surface area contributed by atoms with Gasteiger partial charge in [-0.2, -0.15) is 0 Å². The van der Waals surface area contributed by atoms with Gasteiger partial charge < -0.3 is 10.5 Å². The number of nitrogens with two attached hydrogens (primary N) is 1. The van der Waals surface area contributed by atoms with Crippen LogP contribution in [0, 0.1) is 0 Å². The molecule has 0 heterocycles. The predicted molar refractivity (Wildman–Crippen MR) is 79.5 cm³/mol. The third-order valence-electron chi connectivity index (χ3n) is 3.67. The Kier molecular flexibility index (Phi) is 4.23. The first-order valence-corrected chi connectivity index (χ1v) is 6.56. The van der Waals surface area contributed by atoms with Crippen molar-refractivity contribution >= 4 is 0 Å². The normalized spacial score (nSPS) is 13.8. The first kappa shape index (κ1) is 13.6. The minimum Gasteiger partial charge on any atom is -0.497 e. The standard InChI is InChI=1S/C17H21NO/c1-17(13-18,12-14-6-4-3-5-7-14)15-8-10-16(19-2)11-9-15/h3-11H,12-13,18H2,1-2H3. The molecular formula is C17H21NO. The van der Waals surface area contributed by atoms with Crippen LogP contribution in [0.4, 0.5) is 0 Å². The molecule has 1 atom stereocenters. The van der Waals surface area contributed by atoms with Gasteiger partial charge in [-0.05, 0) is 29.7 Å². The van der Waals surface area contributed by atoms with Crippen molar-refractivity contribution in [3.63, 3.8) is 0 Å². The molecule has 2 N–H and O–H groups in total. The first-order valence-electron chi connectivity index (χ1n) is 6.56. The number of ether oxygens (including phenoxy) is 1. The van der Waals surface area contributed by atoms with E-state index >= 15 is 0 Å². The molecule has 0 fully saturated rings. The average Bonchev–Trinajstić information content (AvgIpc) is 2.48. The minimum atomic E-state index is -0.0480. The van der Waals surface area contributed by atoms with Crippen LogP contribution in [0.5, 0.6) is 5.75 Å². The number of rotatable bonds is 5. The van der Waals surface area contributed by atoms with E-state index in [1.165, 1.54) is 11.1 Å². The molecule has 0 spiro atoms. The van der Waals surface area contributed by atoms with Crippen LogP contribution in [0.15, 0.2) is 54.6 Å². The number of methoxy groups -OCH3 is 1. The van der Waals surface area contributed by atoms with E-state index in [9.17, 15) is 0 Å². The molecule has 2 aromatic rings. The highest BCUT2D eigenvalue weighted by atomic mass is 16.5. The third-order valence-corrected chi connectivity index (χ3v) is 3.67. The molecule has 1 unspecified atom stereocenters. The molecule has 0 amide bonds. The van der Waals surface area contributed by atoms with Gasteiger partial charge in [-0.25, -0.2) is 0 Å². The van der Waals surface area contributed by atoms with Crippen molar-refractivity contribution in [2.24, 2.45) is 5.73 Å². The van der Waals surface area contributed by atoms with Crippen LogP contribution in [0.3, 0.4) is 0 Å². The monoisotopic (exact) mass is 255 g/mol. The molecule has 2 nitrogen and oxygen atoms in total. The number of hydrogen-bond acceptors (Lipinski definition) is 2. The van der Waals surface area contributed by atoms with Gasteiger partial charge in [0.2, 0.25) is 0 Å². The van der Waals surface area contributed by atoms with Crippen molar-refractivity contribution in [2.45, 2.75) is 18.8 Å². The lowest BCUT2D eigenvalue weighted by Crippen LogP contribution is -2.34. The summed E-state index contributed by atoms with van der Waals surface area (Å²) >= 11 is 0. The summed E-state index contributed by atoms with van der Waals surface area (Å²) in [6.07, 6.45) is 0.941. The van der Waals surface area contributed by atoms with Crippen molar-refractivity contribution in [3.05, 3.63) is 65.7 Å². The van der Waals surface area contributed by atoms with E-state index in [0.29, 0.717) is 6.54 Å². The van der Waals surface area contributed by atoms with Crippen molar-refractivity contribution < 1.29 is 4.74 Å². The molecule has 2 heteroatoms. The van der Waals surface area contributed by atoms with Crippen LogP contribution in [-0.4, -0.2) is 13.7 Å². The molecule has 0 radical (unpaired) electrons. The summed E-state index contributed by atoms with van der Waals surface area (Å²) in [5.41, 5.74) is 8.54. The van der Waals surface area contributed by atoms with E-state index in [4.69, 9.17) is 10.5 Å². The van der Waals surface area contributed by atoms with Gasteiger partial charge in [-0.1, -0.05) is 49.4 Å². The topological polar surface area (TPSA) is 35.2 Å².